The van der Waals surface area contributed by atoms with Crippen molar-refractivity contribution in [2.75, 3.05) is 5.75 Å². The summed E-state index contributed by atoms with van der Waals surface area (Å²) in [5, 5.41) is 17.8. The number of carbonyl (C=O) groups is 1. The Morgan fingerprint density at radius 3 is 2.82 bits per heavy atom. The molecule has 90 valence electrons. The molecular formula is C12H14N2O2S. The number of thioether (sulfide) groups is 1. The average Bonchev–Trinajstić information content (AvgIpc) is 2.24. The summed E-state index contributed by atoms with van der Waals surface area (Å²) >= 11 is 1.39. The lowest BCUT2D eigenvalue weighted by Crippen LogP contribution is -2.12. The molecule has 5 heteroatoms. The molecule has 4 nitrogen and oxygen atoms in total. The second-order valence-electron chi connectivity index (χ2n) is 3.88. The normalized spacial score (nSPS) is 11.9. The molecule has 17 heavy (non-hydrogen) atoms. The second kappa shape index (κ2) is 5.69. The Bertz CT molecular complexity index is 480. The molecule has 1 N–H and O–H groups in total. The van der Waals surface area contributed by atoms with Crippen LogP contribution >= 0.6 is 11.8 Å². The Kier molecular flexibility index (Phi) is 4.53. The van der Waals surface area contributed by atoms with Gasteiger partial charge in [-0.25, -0.2) is 0 Å². The first kappa shape index (κ1) is 13.5. The van der Waals surface area contributed by atoms with Crippen molar-refractivity contribution in [3.05, 3.63) is 23.0 Å². The standard InChI is InChI=1S/C12H14N2O2S/c1-7(12(15)16)6-17-11-4-8(2)14-9(3)10(11)5-13/h4,7H,6H2,1-3H3,(H,15,16). The van der Waals surface area contributed by atoms with Crippen LogP contribution in [0.3, 0.4) is 0 Å². The van der Waals surface area contributed by atoms with E-state index in [9.17, 15) is 4.79 Å². The van der Waals surface area contributed by atoms with E-state index in [1.54, 1.807) is 13.8 Å². The number of hydrogen-bond acceptors (Lipinski definition) is 4. The third-order valence-corrected chi connectivity index (χ3v) is 3.61. The lowest BCUT2D eigenvalue weighted by atomic mass is 10.2. The lowest BCUT2D eigenvalue weighted by molar-refractivity contribution is -0.140. The van der Waals surface area contributed by atoms with Gasteiger partial charge in [0.25, 0.3) is 0 Å². The van der Waals surface area contributed by atoms with Crippen LogP contribution in [0.1, 0.15) is 23.9 Å². The Balaban J connectivity index is 2.91. The molecule has 0 aliphatic carbocycles. The Labute approximate surface area is 105 Å². The number of hydrogen-bond donors (Lipinski definition) is 1. The number of carboxylic acids is 1. The van der Waals surface area contributed by atoms with Crippen LogP contribution in [0.5, 0.6) is 0 Å². The van der Waals surface area contributed by atoms with Gasteiger partial charge in [-0.2, -0.15) is 5.26 Å². The Hall–Kier alpha value is -1.54. The van der Waals surface area contributed by atoms with Gasteiger partial charge in [0.1, 0.15) is 6.07 Å². The van der Waals surface area contributed by atoms with Gasteiger partial charge in [0.2, 0.25) is 0 Å². The first-order valence-electron chi connectivity index (χ1n) is 5.19. The highest BCUT2D eigenvalue weighted by Crippen LogP contribution is 2.26. The molecule has 0 saturated heterocycles. The smallest absolute Gasteiger partial charge is 0.307 e. The van der Waals surface area contributed by atoms with Crippen LogP contribution in [0.4, 0.5) is 0 Å². The van der Waals surface area contributed by atoms with Crippen molar-refractivity contribution in [2.45, 2.75) is 25.7 Å². The Morgan fingerprint density at radius 1 is 1.65 bits per heavy atom. The fourth-order valence-electron chi connectivity index (χ4n) is 1.33. The van der Waals surface area contributed by atoms with Crippen molar-refractivity contribution in [3.63, 3.8) is 0 Å². The van der Waals surface area contributed by atoms with E-state index in [1.807, 2.05) is 13.0 Å². The van der Waals surface area contributed by atoms with E-state index < -0.39 is 11.9 Å². The number of nitrogens with zero attached hydrogens (tertiary/aromatic N) is 2. The van der Waals surface area contributed by atoms with Crippen LogP contribution in [-0.2, 0) is 4.79 Å². The SMILES string of the molecule is Cc1cc(SCC(C)C(=O)O)c(C#N)c(C)n1. The minimum Gasteiger partial charge on any atom is -0.481 e. The fourth-order valence-corrected chi connectivity index (χ4v) is 2.49. The van der Waals surface area contributed by atoms with E-state index in [4.69, 9.17) is 10.4 Å². The van der Waals surface area contributed by atoms with Crippen molar-refractivity contribution in [2.24, 2.45) is 5.92 Å². The number of nitriles is 1. The van der Waals surface area contributed by atoms with Gasteiger partial charge in [-0.05, 0) is 19.9 Å². The van der Waals surface area contributed by atoms with E-state index >= 15 is 0 Å². The summed E-state index contributed by atoms with van der Waals surface area (Å²) < 4.78 is 0. The van der Waals surface area contributed by atoms with Gasteiger partial charge in [0.15, 0.2) is 0 Å². The third-order valence-electron chi connectivity index (χ3n) is 2.31. The minimum absolute atomic E-state index is 0.430. The maximum Gasteiger partial charge on any atom is 0.307 e. The highest BCUT2D eigenvalue weighted by molar-refractivity contribution is 7.99. The highest BCUT2D eigenvalue weighted by atomic mass is 32.2. The molecule has 1 heterocycles. The van der Waals surface area contributed by atoms with Crippen LogP contribution in [-0.4, -0.2) is 21.8 Å². The number of aryl methyl sites for hydroxylation is 2. The molecule has 0 saturated carbocycles. The molecule has 0 amide bonds. The molecular weight excluding hydrogens is 236 g/mol. The van der Waals surface area contributed by atoms with Crippen LogP contribution in [0.25, 0.3) is 0 Å². The van der Waals surface area contributed by atoms with Crippen LogP contribution < -0.4 is 0 Å². The van der Waals surface area contributed by atoms with Crippen molar-refractivity contribution < 1.29 is 9.90 Å². The van der Waals surface area contributed by atoms with E-state index in [0.29, 0.717) is 17.0 Å². The van der Waals surface area contributed by atoms with E-state index in [0.717, 1.165) is 10.6 Å². The molecule has 0 radical (unpaired) electrons. The molecule has 1 aromatic rings. The largest absolute Gasteiger partial charge is 0.481 e. The highest BCUT2D eigenvalue weighted by Gasteiger charge is 2.14. The maximum absolute atomic E-state index is 10.7. The van der Waals surface area contributed by atoms with Gasteiger partial charge in [-0.3, -0.25) is 9.78 Å². The van der Waals surface area contributed by atoms with Gasteiger partial charge >= 0.3 is 5.97 Å². The second-order valence-corrected chi connectivity index (χ2v) is 4.95. The van der Waals surface area contributed by atoms with Crippen LogP contribution in [0, 0.1) is 31.1 Å². The summed E-state index contributed by atoms with van der Waals surface area (Å²) in [4.78, 5) is 15.7. The van der Waals surface area contributed by atoms with Crippen LogP contribution in [0.2, 0.25) is 0 Å². The molecule has 0 fully saturated rings. The number of rotatable bonds is 4. The monoisotopic (exact) mass is 250 g/mol. The molecule has 0 aliphatic rings. The fraction of sp³-hybridized carbons (Fsp3) is 0.417. The Morgan fingerprint density at radius 2 is 2.29 bits per heavy atom. The minimum atomic E-state index is -0.821. The number of aromatic nitrogens is 1. The quantitative estimate of drug-likeness (QED) is 0.830. The summed E-state index contributed by atoms with van der Waals surface area (Å²) in [6.45, 7) is 5.30. The summed E-state index contributed by atoms with van der Waals surface area (Å²) in [6, 6.07) is 3.94. The molecule has 0 aliphatic heterocycles. The zero-order valence-electron chi connectivity index (χ0n) is 10.0. The lowest BCUT2D eigenvalue weighted by Gasteiger charge is -2.09. The van der Waals surface area contributed by atoms with E-state index in [-0.39, 0.29) is 0 Å². The van der Waals surface area contributed by atoms with Crippen molar-refractivity contribution in [1.29, 1.82) is 5.26 Å². The molecule has 0 spiro atoms. The summed E-state index contributed by atoms with van der Waals surface area (Å²) in [7, 11) is 0. The van der Waals surface area contributed by atoms with Crippen molar-refractivity contribution in [1.82, 2.24) is 4.98 Å². The van der Waals surface area contributed by atoms with Gasteiger partial charge in [-0.15, -0.1) is 11.8 Å². The van der Waals surface area contributed by atoms with Gasteiger partial charge < -0.3 is 5.11 Å². The number of carboxylic acid groups (broad SMARTS) is 1. The third kappa shape index (κ3) is 3.46. The van der Waals surface area contributed by atoms with E-state index in [2.05, 4.69) is 11.1 Å². The topological polar surface area (TPSA) is 74.0 Å². The zero-order chi connectivity index (χ0) is 13.0. The molecule has 1 rings (SSSR count). The molecule has 0 aromatic carbocycles. The predicted molar refractivity (Wildman–Crippen MR) is 65.9 cm³/mol. The average molecular weight is 250 g/mol. The van der Waals surface area contributed by atoms with Crippen molar-refractivity contribution >= 4 is 17.7 Å². The first-order chi connectivity index (χ1) is 7.95. The summed E-state index contributed by atoms with van der Waals surface area (Å²) in [5.74, 6) is -0.800. The molecule has 1 aromatic heterocycles. The zero-order valence-corrected chi connectivity index (χ0v) is 10.8. The number of aliphatic carboxylic acids is 1. The predicted octanol–water partition coefficient (Wildman–Crippen LogP) is 2.38. The molecule has 1 unspecified atom stereocenters. The van der Waals surface area contributed by atoms with Crippen LogP contribution in [0.15, 0.2) is 11.0 Å². The van der Waals surface area contributed by atoms with Gasteiger partial charge in [-0.1, -0.05) is 6.92 Å². The first-order valence-corrected chi connectivity index (χ1v) is 6.18. The molecule has 0 bridgehead atoms. The van der Waals surface area contributed by atoms with Crippen molar-refractivity contribution in [3.8, 4) is 6.07 Å². The summed E-state index contributed by atoms with van der Waals surface area (Å²) in [6.07, 6.45) is 0. The summed E-state index contributed by atoms with van der Waals surface area (Å²) in [5.41, 5.74) is 2.07. The maximum atomic E-state index is 10.7. The van der Waals surface area contributed by atoms with Gasteiger partial charge in [0.05, 0.1) is 17.2 Å². The number of pyridine rings is 1. The van der Waals surface area contributed by atoms with E-state index in [1.165, 1.54) is 11.8 Å². The van der Waals surface area contributed by atoms with Gasteiger partial charge in [0, 0.05) is 16.3 Å². The molecule has 1 atom stereocenters.